The lowest BCUT2D eigenvalue weighted by Gasteiger charge is -2.13. The summed E-state index contributed by atoms with van der Waals surface area (Å²) < 4.78 is 0. The molecule has 1 fully saturated rings. The summed E-state index contributed by atoms with van der Waals surface area (Å²) in [6.45, 7) is 5.99. The largest absolute Gasteiger partial charge is 0.384 e. The van der Waals surface area contributed by atoms with Gasteiger partial charge in [-0.3, -0.25) is 4.79 Å². The maximum atomic E-state index is 12.2. The van der Waals surface area contributed by atoms with Crippen molar-refractivity contribution in [1.82, 2.24) is 10.2 Å². The van der Waals surface area contributed by atoms with E-state index in [1.807, 2.05) is 12.1 Å². The molecule has 0 aromatic heterocycles. The molecule has 0 bridgehead atoms. The quantitative estimate of drug-likeness (QED) is 0.815. The van der Waals surface area contributed by atoms with Gasteiger partial charge in [-0.1, -0.05) is 24.8 Å². The normalized spacial score (nSPS) is 18.1. The van der Waals surface area contributed by atoms with Crippen molar-refractivity contribution in [2.45, 2.75) is 13.3 Å². The number of carbonyl (C=O) groups is 1. The number of likely N-dealkylation sites (tertiary alicyclic amines) is 1. The maximum Gasteiger partial charge on any atom is 0.251 e. The van der Waals surface area contributed by atoms with Gasteiger partial charge in [0.1, 0.15) is 6.61 Å². The van der Waals surface area contributed by atoms with Crippen LogP contribution in [0.15, 0.2) is 24.3 Å². The van der Waals surface area contributed by atoms with E-state index in [2.05, 4.69) is 29.0 Å². The lowest BCUT2D eigenvalue weighted by molar-refractivity contribution is 0.0947. The summed E-state index contributed by atoms with van der Waals surface area (Å²) in [5, 5.41) is 11.7. The first-order valence-electron chi connectivity index (χ1n) is 7.43. The molecule has 1 atom stereocenters. The van der Waals surface area contributed by atoms with E-state index in [9.17, 15) is 4.79 Å². The molecule has 1 aliphatic rings. The van der Waals surface area contributed by atoms with Crippen LogP contribution in [0.3, 0.4) is 0 Å². The highest BCUT2D eigenvalue weighted by molar-refractivity contribution is 5.94. The van der Waals surface area contributed by atoms with Gasteiger partial charge in [-0.2, -0.15) is 0 Å². The number of hydrogen-bond donors (Lipinski definition) is 2. The molecule has 1 aromatic carbocycles. The fourth-order valence-corrected chi connectivity index (χ4v) is 2.59. The predicted molar refractivity (Wildman–Crippen MR) is 83.0 cm³/mol. The second-order valence-corrected chi connectivity index (χ2v) is 5.30. The minimum absolute atomic E-state index is 0.0578. The van der Waals surface area contributed by atoms with Crippen LogP contribution in [0.4, 0.5) is 0 Å². The number of aliphatic hydroxyl groups is 1. The van der Waals surface area contributed by atoms with Gasteiger partial charge in [0.05, 0.1) is 0 Å². The summed E-state index contributed by atoms with van der Waals surface area (Å²) in [4.78, 5) is 14.6. The molecule has 1 unspecified atom stereocenters. The van der Waals surface area contributed by atoms with Gasteiger partial charge in [0.15, 0.2) is 0 Å². The van der Waals surface area contributed by atoms with E-state index < -0.39 is 0 Å². The smallest absolute Gasteiger partial charge is 0.251 e. The Morgan fingerprint density at radius 1 is 1.52 bits per heavy atom. The van der Waals surface area contributed by atoms with E-state index in [0.29, 0.717) is 11.5 Å². The Balaban J connectivity index is 1.88. The van der Waals surface area contributed by atoms with Gasteiger partial charge in [0.2, 0.25) is 0 Å². The van der Waals surface area contributed by atoms with Gasteiger partial charge in [-0.25, -0.2) is 0 Å². The molecule has 2 N–H and O–H groups in total. The van der Waals surface area contributed by atoms with Crippen LogP contribution in [-0.2, 0) is 0 Å². The van der Waals surface area contributed by atoms with E-state index in [-0.39, 0.29) is 12.5 Å². The Kier molecular flexibility index (Phi) is 5.79. The summed E-state index contributed by atoms with van der Waals surface area (Å²) in [7, 11) is 0. The number of nitrogens with zero attached hydrogens (tertiary/aromatic N) is 1. The molecule has 0 saturated carbocycles. The molecule has 1 aliphatic heterocycles. The van der Waals surface area contributed by atoms with E-state index in [1.165, 1.54) is 0 Å². The molecule has 2 rings (SSSR count). The summed E-state index contributed by atoms with van der Waals surface area (Å²) in [6, 6.07) is 7.18. The number of amides is 1. The third-order valence-electron chi connectivity index (χ3n) is 3.81. The molecule has 4 heteroatoms. The Labute approximate surface area is 126 Å². The zero-order chi connectivity index (χ0) is 15.1. The van der Waals surface area contributed by atoms with Gasteiger partial charge in [0, 0.05) is 24.2 Å². The minimum atomic E-state index is -0.175. The molecule has 0 spiro atoms. The Hall–Kier alpha value is -1.83. The van der Waals surface area contributed by atoms with Gasteiger partial charge in [-0.05, 0) is 43.6 Å². The third-order valence-corrected chi connectivity index (χ3v) is 3.81. The summed E-state index contributed by atoms with van der Waals surface area (Å²) in [5.74, 6) is 5.89. The second kappa shape index (κ2) is 7.82. The Morgan fingerprint density at radius 2 is 2.38 bits per heavy atom. The number of carbonyl (C=O) groups excluding carboxylic acids is 1. The molecule has 1 aromatic rings. The standard InChI is InChI=1S/C17H22N2O2/c1-2-19-9-8-15(13-19)12-18-17(21)16-7-3-5-14(11-16)6-4-10-20/h3,5,7,11,15,20H,2,8-10,12-13H2,1H3,(H,18,21). The third kappa shape index (κ3) is 4.59. The second-order valence-electron chi connectivity index (χ2n) is 5.30. The van der Waals surface area contributed by atoms with Crippen molar-refractivity contribution in [2.24, 2.45) is 5.92 Å². The lowest BCUT2D eigenvalue weighted by atomic mass is 10.1. The van der Waals surface area contributed by atoms with E-state index in [4.69, 9.17) is 5.11 Å². The Morgan fingerprint density at radius 3 is 3.10 bits per heavy atom. The van der Waals surface area contributed by atoms with Crippen molar-refractivity contribution in [3.63, 3.8) is 0 Å². The van der Waals surface area contributed by atoms with Crippen molar-refractivity contribution < 1.29 is 9.90 Å². The van der Waals surface area contributed by atoms with Crippen molar-refractivity contribution >= 4 is 5.91 Å². The van der Waals surface area contributed by atoms with Crippen molar-refractivity contribution in [2.75, 3.05) is 32.8 Å². The number of benzene rings is 1. The molecule has 1 amide bonds. The first-order valence-corrected chi connectivity index (χ1v) is 7.43. The predicted octanol–water partition coefficient (Wildman–Crippen LogP) is 1.10. The minimum Gasteiger partial charge on any atom is -0.384 e. The molecule has 1 saturated heterocycles. The van der Waals surface area contributed by atoms with Crippen LogP contribution in [0.1, 0.15) is 29.3 Å². The Bertz CT molecular complexity index is 545. The van der Waals surface area contributed by atoms with Crippen molar-refractivity contribution in [1.29, 1.82) is 0 Å². The fourth-order valence-electron chi connectivity index (χ4n) is 2.59. The number of aliphatic hydroxyl groups excluding tert-OH is 1. The number of rotatable bonds is 4. The zero-order valence-electron chi connectivity index (χ0n) is 12.4. The van der Waals surface area contributed by atoms with Crippen LogP contribution in [0, 0.1) is 17.8 Å². The van der Waals surface area contributed by atoms with E-state index in [0.717, 1.165) is 38.2 Å². The first-order chi connectivity index (χ1) is 10.2. The average molecular weight is 286 g/mol. The highest BCUT2D eigenvalue weighted by Gasteiger charge is 2.21. The average Bonchev–Trinajstić information content (AvgIpc) is 2.99. The molecule has 21 heavy (non-hydrogen) atoms. The number of hydrogen-bond acceptors (Lipinski definition) is 3. The number of nitrogens with one attached hydrogen (secondary N) is 1. The SMILES string of the molecule is CCN1CCC(CNC(=O)c2cccc(C#CCO)c2)C1. The van der Waals surface area contributed by atoms with E-state index in [1.54, 1.807) is 12.1 Å². The fraction of sp³-hybridized carbons (Fsp3) is 0.471. The van der Waals surface area contributed by atoms with Crippen LogP contribution < -0.4 is 5.32 Å². The molecule has 4 nitrogen and oxygen atoms in total. The lowest BCUT2D eigenvalue weighted by Crippen LogP contribution is -2.31. The topological polar surface area (TPSA) is 52.6 Å². The van der Waals surface area contributed by atoms with Gasteiger partial charge >= 0.3 is 0 Å². The molecule has 0 radical (unpaired) electrons. The first kappa shape index (κ1) is 15.6. The van der Waals surface area contributed by atoms with Crippen LogP contribution in [0.25, 0.3) is 0 Å². The van der Waals surface area contributed by atoms with Gasteiger partial charge in [-0.15, -0.1) is 0 Å². The molecule has 1 heterocycles. The highest BCUT2D eigenvalue weighted by Crippen LogP contribution is 2.14. The summed E-state index contributed by atoms with van der Waals surface area (Å²) in [6.07, 6.45) is 1.15. The van der Waals surface area contributed by atoms with Crippen molar-refractivity contribution in [3.05, 3.63) is 35.4 Å². The van der Waals surface area contributed by atoms with Crippen LogP contribution in [0.2, 0.25) is 0 Å². The molecular weight excluding hydrogens is 264 g/mol. The van der Waals surface area contributed by atoms with Crippen LogP contribution in [0.5, 0.6) is 0 Å². The summed E-state index contributed by atoms with van der Waals surface area (Å²) in [5.41, 5.74) is 1.36. The molecular formula is C17H22N2O2. The van der Waals surface area contributed by atoms with E-state index >= 15 is 0 Å². The zero-order valence-corrected chi connectivity index (χ0v) is 12.4. The molecule has 0 aliphatic carbocycles. The highest BCUT2D eigenvalue weighted by atomic mass is 16.2. The van der Waals surface area contributed by atoms with Gasteiger partial charge < -0.3 is 15.3 Å². The van der Waals surface area contributed by atoms with Crippen molar-refractivity contribution in [3.8, 4) is 11.8 Å². The summed E-state index contributed by atoms with van der Waals surface area (Å²) >= 11 is 0. The van der Waals surface area contributed by atoms with Crippen LogP contribution in [-0.4, -0.2) is 48.7 Å². The monoisotopic (exact) mass is 286 g/mol. The molecule has 112 valence electrons. The van der Waals surface area contributed by atoms with Crippen LogP contribution >= 0.6 is 0 Å². The van der Waals surface area contributed by atoms with Gasteiger partial charge in [0.25, 0.3) is 5.91 Å². The maximum absolute atomic E-state index is 12.2.